The van der Waals surface area contributed by atoms with Crippen LogP contribution in [0.5, 0.6) is 5.75 Å². The number of hydrogen-bond donors (Lipinski definition) is 1. The second-order valence-electron chi connectivity index (χ2n) is 7.66. The van der Waals surface area contributed by atoms with Crippen molar-refractivity contribution in [1.29, 1.82) is 0 Å². The molecule has 8 heteroatoms. The van der Waals surface area contributed by atoms with Gasteiger partial charge in [-0.05, 0) is 55.3 Å². The average molecular weight is 466 g/mol. The number of benzene rings is 2. The number of aryl methyl sites for hydroxylation is 1. The van der Waals surface area contributed by atoms with Gasteiger partial charge in [0, 0.05) is 36.1 Å². The Labute approximate surface area is 196 Å². The molecule has 33 heavy (non-hydrogen) atoms. The molecule has 1 saturated heterocycles. The van der Waals surface area contributed by atoms with Crippen molar-refractivity contribution in [3.8, 4) is 5.75 Å². The topological polar surface area (TPSA) is 84.7 Å². The molecular formula is C25H24ClN3O4. The molecule has 0 bridgehead atoms. The van der Waals surface area contributed by atoms with Crippen LogP contribution in [0.15, 0.2) is 72.8 Å². The van der Waals surface area contributed by atoms with E-state index in [1.807, 2.05) is 29.8 Å². The van der Waals surface area contributed by atoms with E-state index >= 15 is 0 Å². The molecule has 1 amide bonds. The van der Waals surface area contributed by atoms with Gasteiger partial charge in [-0.3, -0.25) is 9.59 Å². The number of carbonyl (C=O) groups excluding carboxylic acids is 2. The summed E-state index contributed by atoms with van der Waals surface area (Å²) in [6.07, 6.45) is 5.87. The monoisotopic (exact) mass is 465 g/mol. The fraction of sp³-hybridized carbons (Fsp3) is 0.240. The SMILES string of the molecule is CCOc1ccc([C@H]2C(=C(O)c3ccc(Cl)cc3)C(=O)C(=O)N2CCCn2ccnc2)cc1. The second kappa shape index (κ2) is 9.92. The van der Waals surface area contributed by atoms with Gasteiger partial charge in [0.2, 0.25) is 0 Å². The molecule has 0 unspecified atom stereocenters. The van der Waals surface area contributed by atoms with Crippen LogP contribution in [0.4, 0.5) is 0 Å². The summed E-state index contributed by atoms with van der Waals surface area (Å²) in [6.45, 7) is 3.42. The lowest BCUT2D eigenvalue weighted by Gasteiger charge is -2.25. The third kappa shape index (κ3) is 4.78. The Hall–Kier alpha value is -3.58. The van der Waals surface area contributed by atoms with Gasteiger partial charge < -0.3 is 19.3 Å². The van der Waals surface area contributed by atoms with Crippen molar-refractivity contribution in [3.63, 3.8) is 0 Å². The standard InChI is InChI=1S/C25H24ClN3O4/c1-2-33-20-10-6-17(7-11-20)22-21(23(30)18-4-8-19(26)9-5-18)24(31)25(32)29(22)14-3-13-28-15-12-27-16-28/h4-12,15-16,22,30H,2-3,13-14H2,1H3/t22-/m0/s1. The van der Waals surface area contributed by atoms with E-state index in [0.29, 0.717) is 42.5 Å². The number of hydrogen-bond acceptors (Lipinski definition) is 5. The number of aromatic nitrogens is 2. The van der Waals surface area contributed by atoms with Crippen molar-refractivity contribution in [2.75, 3.05) is 13.2 Å². The van der Waals surface area contributed by atoms with E-state index in [-0.39, 0.29) is 11.3 Å². The van der Waals surface area contributed by atoms with Gasteiger partial charge in [-0.15, -0.1) is 0 Å². The van der Waals surface area contributed by atoms with Crippen LogP contribution in [0.2, 0.25) is 5.02 Å². The summed E-state index contributed by atoms with van der Waals surface area (Å²) in [6, 6.07) is 13.0. The second-order valence-corrected chi connectivity index (χ2v) is 8.09. The van der Waals surface area contributed by atoms with E-state index in [1.165, 1.54) is 4.90 Å². The van der Waals surface area contributed by atoms with Crippen molar-refractivity contribution >= 4 is 29.1 Å². The Kier molecular flexibility index (Phi) is 6.79. The molecule has 1 fully saturated rings. The maximum absolute atomic E-state index is 13.1. The van der Waals surface area contributed by atoms with E-state index in [1.54, 1.807) is 48.9 Å². The lowest BCUT2D eigenvalue weighted by atomic mass is 9.95. The zero-order valence-corrected chi connectivity index (χ0v) is 18.9. The molecule has 0 radical (unpaired) electrons. The number of rotatable bonds is 8. The number of nitrogens with zero attached hydrogens (tertiary/aromatic N) is 3. The van der Waals surface area contributed by atoms with Crippen LogP contribution in [0, 0.1) is 0 Å². The third-order valence-electron chi connectivity index (χ3n) is 5.54. The van der Waals surface area contributed by atoms with E-state index in [9.17, 15) is 14.7 Å². The van der Waals surface area contributed by atoms with E-state index in [0.717, 1.165) is 5.56 Å². The molecule has 170 valence electrons. The Bertz CT molecular complexity index is 1160. The maximum Gasteiger partial charge on any atom is 0.295 e. The number of amides is 1. The van der Waals surface area contributed by atoms with Gasteiger partial charge in [0.25, 0.3) is 11.7 Å². The molecule has 0 aliphatic carbocycles. The van der Waals surface area contributed by atoms with Crippen LogP contribution in [0.3, 0.4) is 0 Å². The molecule has 0 spiro atoms. The van der Waals surface area contributed by atoms with Gasteiger partial charge in [0.05, 0.1) is 24.5 Å². The van der Waals surface area contributed by atoms with Crippen LogP contribution >= 0.6 is 11.6 Å². The summed E-state index contributed by atoms with van der Waals surface area (Å²) in [5.41, 5.74) is 1.21. The van der Waals surface area contributed by atoms with Gasteiger partial charge in [-0.2, -0.15) is 0 Å². The van der Waals surface area contributed by atoms with Crippen LogP contribution in [0.1, 0.15) is 30.5 Å². The van der Waals surface area contributed by atoms with Gasteiger partial charge in [0.1, 0.15) is 11.5 Å². The van der Waals surface area contributed by atoms with Crippen LogP contribution in [-0.4, -0.2) is 44.4 Å². The highest BCUT2D eigenvalue weighted by Gasteiger charge is 2.45. The van der Waals surface area contributed by atoms with Gasteiger partial charge >= 0.3 is 0 Å². The molecule has 2 heterocycles. The largest absolute Gasteiger partial charge is 0.507 e. The zero-order valence-electron chi connectivity index (χ0n) is 18.1. The van der Waals surface area contributed by atoms with Gasteiger partial charge in [0.15, 0.2) is 0 Å². The van der Waals surface area contributed by atoms with Crippen LogP contribution < -0.4 is 4.74 Å². The Morgan fingerprint density at radius 3 is 2.45 bits per heavy atom. The van der Waals surface area contributed by atoms with Crippen LogP contribution in [-0.2, 0) is 16.1 Å². The molecule has 1 aliphatic rings. The minimum atomic E-state index is -0.709. The zero-order chi connectivity index (χ0) is 23.4. The number of ether oxygens (including phenoxy) is 1. The lowest BCUT2D eigenvalue weighted by molar-refractivity contribution is -0.139. The van der Waals surface area contributed by atoms with Crippen molar-refractivity contribution in [3.05, 3.63) is 89.0 Å². The molecule has 3 aromatic rings. The Morgan fingerprint density at radius 1 is 1.09 bits per heavy atom. The molecule has 1 atom stereocenters. The smallest absolute Gasteiger partial charge is 0.295 e. The van der Waals surface area contributed by atoms with Gasteiger partial charge in [-0.25, -0.2) is 4.98 Å². The summed E-state index contributed by atoms with van der Waals surface area (Å²) in [4.78, 5) is 31.6. The van der Waals surface area contributed by atoms with Crippen molar-refractivity contribution < 1.29 is 19.4 Å². The number of aliphatic hydroxyl groups is 1. The van der Waals surface area contributed by atoms with Crippen molar-refractivity contribution in [2.45, 2.75) is 25.9 Å². The maximum atomic E-state index is 13.1. The molecule has 1 aromatic heterocycles. The first-order valence-corrected chi connectivity index (χ1v) is 11.1. The van der Waals surface area contributed by atoms with E-state index in [2.05, 4.69) is 4.98 Å². The highest BCUT2D eigenvalue weighted by atomic mass is 35.5. The van der Waals surface area contributed by atoms with Gasteiger partial charge in [-0.1, -0.05) is 23.7 Å². The first-order chi connectivity index (χ1) is 16.0. The predicted octanol–water partition coefficient (Wildman–Crippen LogP) is 4.45. The average Bonchev–Trinajstić information content (AvgIpc) is 3.42. The summed E-state index contributed by atoms with van der Waals surface area (Å²) in [5.74, 6) is -0.865. The molecule has 1 N–H and O–H groups in total. The van der Waals surface area contributed by atoms with E-state index in [4.69, 9.17) is 16.3 Å². The molecule has 1 aliphatic heterocycles. The highest BCUT2D eigenvalue weighted by molar-refractivity contribution is 6.46. The highest BCUT2D eigenvalue weighted by Crippen LogP contribution is 2.40. The van der Waals surface area contributed by atoms with E-state index < -0.39 is 17.7 Å². The normalized spacial score (nSPS) is 17.5. The number of ketones is 1. The summed E-state index contributed by atoms with van der Waals surface area (Å²) < 4.78 is 7.44. The minimum absolute atomic E-state index is 0.0640. The summed E-state index contributed by atoms with van der Waals surface area (Å²) in [7, 11) is 0. The number of carbonyl (C=O) groups is 2. The minimum Gasteiger partial charge on any atom is -0.507 e. The Balaban J connectivity index is 1.71. The fourth-order valence-corrected chi connectivity index (χ4v) is 4.10. The molecule has 2 aromatic carbocycles. The first-order valence-electron chi connectivity index (χ1n) is 10.7. The predicted molar refractivity (Wildman–Crippen MR) is 125 cm³/mol. The fourth-order valence-electron chi connectivity index (χ4n) is 3.98. The number of halogens is 1. The summed E-state index contributed by atoms with van der Waals surface area (Å²) in [5, 5.41) is 11.6. The van der Waals surface area contributed by atoms with Crippen molar-refractivity contribution in [1.82, 2.24) is 14.5 Å². The molecular weight excluding hydrogens is 442 g/mol. The number of aliphatic hydroxyl groups excluding tert-OH is 1. The van der Waals surface area contributed by atoms with Crippen molar-refractivity contribution in [2.24, 2.45) is 0 Å². The lowest BCUT2D eigenvalue weighted by Crippen LogP contribution is -2.31. The number of imidazole rings is 1. The third-order valence-corrected chi connectivity index (χ3v) is 5.79. The first kappa shape index (κ1) is 22.6. The molecule has 7 nitrogen and oxygen atoms in total. The van der Waals surface area contributed by atoms with Crippen LogP contribution in [0.25, 0.3) is 5.76 Å². The molecule has 0 saturated carbocycles. The number of Topliss-reactive ketones (excluding diaryl/α,β-unsaturated/α-hetero) is 1. The molecule has 4 rings (SSSR count). The Morgan fingerprint density at radius 2 is 1.82 bits per heavy atom. The quantitative estimate of drug-likeness (QED) is 0.302. The number of likely N-dealkylation sites (tertiary alicyclic amines) is 1. The summed E-state index contributed by atoms with van der Waals surface area (Å²) >= 11 is 5.97.